The van der Waals surface area contributed by atoms with Crippen LogP contribution in [0.4, 0.5) is 0 Å². The van der Waals surface area contributed by atoms with Crippen molar-refractivity contribution in [1.82, 2.24) is 4.90 Å². The largest absolute Gasteiger partial charge is 0.324 e. The van der Waals surface area contributed by atoms with Gasteiger partial charge < -0.3 is 10.6 Å². The zero-order valence-corrected chi connectivity index (χ0v) is 9.51. The molecule has 0 spiro atoms. The predicted octanol–water partition coefficient (Wildman–Crippen LogP) is 1.84. The summed E-state index contributed by atoms with van der Waals surface area (Å²) in [6.45, 7) is 4.30. The fraction of sp³-hybridized carbons (Fsp3) is 1.00. The lowest BCUT2D eigenvalue weighted by Gasteiger charge is -2.40. The third kappa shape index (κ3) is 2.68. The van der Waals surface area contributed by atoms with Crippen molar-refractivity contribution < 1.29 is 0 Å². The standard InChI is InChI=1S/C11H24N2/c1-11(2,12)10(13(3)4)9-7-5-6-8-9/h9-10H,5-8,12H2,1-4H3. The van der Waals surface area contributed by atoms with Gasteiger partial charge in [-0.2, -0.15) is 0 Å². The molecular weight excluding hydrogens is 160 g/mol. The Kier molecular flexibility index (Phi) is 3.36. The minimum Gasteiger partial charge on any atom is -0.324 e. The number of likely N-dealkylation sites (N-methyl/N-ethyl adjacent to an activating group) is 1. The monoisotopic (exact) mass is 184 g/mol. The van der Waals surface area contributed by atoms with Crippen molar-refractivity contribution in [3.8, 4) is 0 Å². The highest BCUT2D eigenvalue weighted by Crippen LogP contribution is 2.33. The quantitative estimate of drug-likeness (QED) is 0.725. The molecular formula is C11H24N2. The van der Waals surface area contributed by atoms with Crippen LogP contribution in [-0.4, -0.2) is 30.6 Å². The minimum absolute atomic E-state index is 0.0709. The van der Waals surface area contributed by atoms with Crippen LogP contribution >= 0.6 is 0 Å². The summed E-state index contributed by atoms with van der Waals surface area (Å²) in [4.78, 5) is 2.30. The Bertz CT molecular complexity index is 152. The van der Waals surface area contributed by atoms with Crippen LogP contribution in [0.2, 0.25) is 0 Å². The smallest absolute Gasteiger partial charge is 0.0292 e. The second-order valence-electron chi connectivity index (χ2n) is 5.27. The maximum absolute atomic E-state index is 6.22. The molecule has 0 aromatic rings. The normalized spacial score (nSPS) is 22.6. The first kappa shape index (κ1) is 11.0. The SMILES string of the molecule is CN(C)C(C1CCCC1)C(C)(C)N. The summed E-state index contributed by atoms with van der Waals surface area (Å²) in [5, 5.41) is 0. The predicted molar refractivity (Wildman–Crippen MR) is 57.7 cm³/mol. The number of hydrogen-bond acceptors (Lipinski definition) is 2. The Morgan fingerprint density at radius 2 is 1.69 bits per heavy atom. The maximum atomic E-state index is 6.22. The molecule has 78 valence electrons. The van der Waals surface area contributed by atoms with E-state index in [9.17, 15) is 0 Å². The molecule has 0 aliphatic heterocycles. The van der Waals surface area contributed by atoms with E-state index in [2.05, 4.69) is 32.8 Å². The van der Waals surface area contributed by atoms with Crippen LogP contribution < -0.4 is 5.73 Å². The first-order valence-corrected chi connectivity index (χ1v) is 5.38. The van der Waals surface area contributed by atoms with E-state index in [4.69, 9.17) is 5.73 Å². The molecule has 0 amide bonds. The van der Waals surface area contributed by atoms with Crippen LogP contribution in [0.3, 0.4) is 0 Å². The van der Waals surface area contributed by atoms with Gasteiger partial charge in [0.1, 0.15) is 0 Å². The van der Waals surface area contributed by atoms with Gasteiger partial charge in [0.25, 0.3) is 0 Å². The fourth-order valence-electron chi connectivity index (χ4n) is 2.97. The summed E-state index contributed by atoms with van der Waals surface area (Å²) in [5.74, 6) is 0.815. The van der Waals surface area contributed by atoms with Crippen molar-refractivity contribution in [2.75, 3.05) is 14.1 Å². The Labute approximate surface area is 82.5 Å². The summed E-state index contributed by atoms with van der Waals surface area (Å²) in [7, 11) is 4.30. The van der Waals surface area contributed by atoms with Gasteiger partial charge in [-0.05, 0) is 46.7 Å². The van der Waals surface area contributed by atoms with Crippen LogP contribution in [0.25, 0.3) is 0 Å². The molecule has 0 aromatic carbocycles. The molecule has 2 nitrogen and oxygen atoms in total. The van der Waals surface area contributed by atoms with Crippen LogP contribution in [0.1, 0.15) is 39.5 Å². The molecule has 1 rings (SSSR count). The van der Waals surface area contributed by atoms with Gasteiger partial charge in [0.15, 0.2) is 0 Å². The molecule has 0 heterocycles. The average Bonchev–Trinajstić information content (AvgIpc) is 2.34. The minimum atomic E-state index is -0.0709. The van der Waals surface area contributed by atoms with E-state index in [1.165, 1.54) is 25.7 Å². The summed E-state index contributed by atoms with van der Waals surface area (Å²) in [6.07, 6.45) is 5.52. The highest BCUT2D eigenvalue weighted by atomic mass is 15.1. The van der Waals surface area contributed by atoms with E-state index < -0.39 is 0 Å². The summed E-state index contributed by atoms with van der Waals surface area (Å²) in [5.41, 5.74) is 6.15. The maximum Gasteiger partial charge on any atom is 0.0292 e. The van der Waals surface area contributed by atoms with E-state index in [0.29, 0.717) is 6.04 Å². The molecule has 1 saturated carbocycles. The molecule has 0 aromatic heterocycles. The average molecular weight is 184 g/mol. The van der Waals surface area contributed by atoms with E-state index >= 15 is 0 Å². The van der Waals surface area contributed by atoms with Crippen molar-refractivity contribution in [3.05, 3.63) is 0 Å². The molecule has 0 bridgehead atoms. The molecule has 1 atom stereocenters. The van der Waals surface area contributed by atoms with Crippen molar-refractivity contribution in [3.63, 3.8) is 0 Å². The Morgan fingerprint density at radius 1 is 1.23 bits per heavy atom. The zero-order chi connectivity index (χ0) is 10.1. The van der Waals surface area contributed by atoms with Gasteiger partial charge in [0.2, 0.25) is 0 Å². The second-order valence-corrected chi connectivity index (χ2v) is 5.27. The molecule has 2 heteroatoms. The second kappa shape index (κ2) is 3.97. The van der Waals surface area contributed by atoms with Gasteiger partial charge >= 0.3 is 0 Å². The Hall–Kier alpha value is -0.0800. The molecule has 0 saturated heterocycles. The molecule has 1 aliphatic rings. The summed E-state index contributed by atoms with van der Waals surface area (Å²) >= 11 is 0. The third-order valence-electron chi connectivity index (χ3n) is 3.16. The first-order valence-electron chi connectivity index (χ1n) is 5.38. The lowest BCUT2D eigenvalue weighted by atomic mass is 9.83. The molecule has 1 unspecified atom stereocenters. The zero-order valence-electron chi connectivity index (χ0n) is 9.51. The van der Waals surface area contributed by atoms with Gasteiger partial charge in [-0.25, -0.2) is 0 Å². The summed E-state index contributed by atoms with van der Waals surface area (Å²) in [6, 6.07) is 0.537. The number of hydrogen-bond donors (Lipinski definition) is 1. The van der Waals surface area contributed by atoms with Gasteiger partial charge in [-0.15, -0.1) is 0 Å². The number of nitrogens with two attached hydrogens (primary N) is 1. The molecule has 0 radical (unpaired) electrons. The molecule has 2 N–H and O–H groups in total. The van der Waals surface area contributed by atoms with Gasteiger partial charge in [-0.1, -0.05) is 12.8 Å². The topological polar surface area (TPSA) is 29.3 Å². The van der Waals surface area contributed by atoms with Crippen LogP contribution in [0.15, 0.2) is 0 Å². The molecule has 1 fully saturated rings. The van der Waals surface area contributed by atoms with Crippen LogP contribution in [0.5, 0.6) is 0 Å². The van der Waals surface area contributed by atoms with Crippen molar-refractivity contribution in [2.45, 2.75) is 51.1 Å². The Balaban J connectivity index is 2.67. The highest BCUT2D eigenvalue weighted by Gasteiger charge is 2.35. The van der Waals surface area contributed by atoms with Crippen molar-refractivity contribution in [1.29, 1.82) is 0 Å². The molecule has 1 aliphatic carbocycles. The van der Waals surface area contributed by atoms with E-state index in [1.54, 1.807) is 0 Å². The van der Waals surface area contributed by atoms with Crippen molar-refractivity contribution >= 4 is 0 Å². The highest BCUT2D eigenvalue weighted by molar-refractivity contribution is 4.94. The fourth-order valence-corrected chi connectivity index (χ4v) is 2.97. The molecule has 13 heavy (non-hydrogen) atoms. The number of rotatable bonds is 3. The van der Waals surface area contributed by atoms with Crippen LogP contribution in [-0.2, 0) is 0 Å². The third-order valence-corrected chi connectivity index (χ3v) is 3.16. The van der Waals surface area contributed by atoms with Gasteiger partial charge in [0.05, 0.1) is 0 Å². The van der Waals surface area contributed by atoms with Crippen molar-refractivity contribution in [2.24, 2.45) is 11.7 Å². The summed E-state index contributed by atoms with van der Waals surface area (Å²) < 4.78 is 0. The van der Waals surface area contributed by atoms with E-state index in [1.807, 2.05) is 0 Å². The number of nitrogens with zero attached hydrogens (tertiary/aromatic N) is 1. The van der Waals surface area contributed by atoms with Gasteiger partial charge in [0, 0.05) is 11.6 Å². The Morgan fingerprint density at radius 3 is 2.00 bits per heavy atom. The van der Waals surface area contributed by atoms with Gasteiger partial charge in [-0.3, -0.25) is 0 Å². The van der Waals surface area contributed by atoms with Crippen LogP contribution in [0, 0.1) is 5.92 Å². The lowest BCUT2D eigenvalue weighted by Crippen LogP contribution is -2.55. The first-order chi connectivity index (χ1) is 5.93. The van der Waals surface area contributed by atoms with E-state index in [0.717, 1.165) is 5.92 Å². The lowest BCUT2D eigenvalue weighted by molar-refractivity contribution is 0.137. The van der Waals surface area contributed by atoms with E-state index in [-0.39, 0.29) is 5.54 Å².